The van der Waals surface area contributed by atoms with Gasteiger partial charge in [-0.3, -0.25) is 0 Å². The average molecular weight is 220 g/mol. The number of nitrogens with zero attached hydrogens (tertiary/aromatic N) is 1. The first kappa shape index (κ1) is 9.38. The number of rotatable bonds is 1. The van der Waals surface area contributed by atoms with Crippen molar-refractivity contribution < 1.29 is 0 Å². The van der Waals surface area contributed by atoms with E-state index in [0.717, 1.165) is 19.9 Å². The highest BCUT2D eigenvalue weighted by Gasteiger charge is 2.07. The van der Waals surface area contributed by atoms with Gasteiger partial charge in [-0.2, -0.15) is 5.26 Å². The van der Waals surface area contributed by atoms with Crippen molar-refractivity contribution in [3.05, 3.63) is 23.8 Å². The predicted octanol–water partition coefficient (Wildman–Crippen LogP) is 2.84. The first-order chi connectivity index (χ1) is 6.72. The molecule has 0 amide bonds. The zero-order valence-corrected chi connectivity index (χ0v) is 9.03. The number of hydrogen-bond acceptors (Lipinski definition) is 4. The molecule has 0 saturated heterocycles. The maximum Gasteiger partial charge on any atom is 0.0670 e. The molecule has 0 atom stereocenters. The van der Waals surface area contributed by atoms with Crippen molar-refractivity contribution in [2.75, 3.05) is 5.73 Å². The van der Waals surface area contributed by atoms with Crippen LogP contribution >= 0.6 is 24.0 Å². The molecule has 2 N–H and O–H groups in total. The van der Waals surface area contributed by atoms with Crippen LogP contribution in [0.2, 0.25) is 0 Å². The van der Waals surface area contributed by atoms with Crippen LogP contribution in [0.25, 0.3) is 10.1 Å². The number of benzene rings is 1. The molecule has 4 heteroatoms. The van der Waals surface area contributed by atoms with Crippen LogP contribution < -0.4 is 5.73 Å². The Kier molecular flexibility index (Phi) is 2.36. The van der Waals surface area contributed by atoms with E-state index in [4.69, 9.17) is 11.0 Å². The Labute approximate surface area is 91.4 Å². The Morgan fingerprint density at radius 3 is 3.00 bits per heavy atom. The highest BCUT2D eigenvalue weighted by atomic mass is 32.2. The molecule has 0 radical (unpaired) electrons. The fourth-order valence-electron chi connectivity index (χ4n) is 1.45. The number of nitrogens with two attached hydrogens (primary N) is 1. The number of nitrogen functional groups attached to an aromatic ring is 1. The highest BCUT2D eigenvalue weighted by molar-refractivity contribution is 7.83. The van der Waals surface area contributed by atoms with Crippen LogP contribution in [0.3, 0.4) is 0 Å². The van der Waals surface area contributed by atoms with Crippen molar-refractivity contribution in [1.29, 1.82) is 5.26 Å². The minimum absolute atomic E-state index is 0.354. The number of thiophene rings is 1. The van der Waals surface area contributed by atoms with Gasteiger partial charge in [-0.15, -0.1) is 24.0 Å². The Hall–Kier alpha value is -1.18. The van der Waals surface area contributed by atoms with Gasteiger partial charge in [0, 0.05) is 10.4 Å². The van der Waals surface area contributed by atoms with Gasteiger partial charge in [-0.25, -0.2) is 0 Å². The minimum Gasteiger partial charge on any atom is -0.398 e. The summed E-state index contributed by atoms with van der Waals surface area (Å²) in [6.07, 6.45) is 0.354. The van der Waals surface area contributed by atoms with E-state index < -0.39 is 0 Å². The molecule has 70 valence electrons. The molecule has 0 aliphatic heterocycles. The van der Waals surface area contributed by atoms with Gasteiger partial charge in [0.05, 0.1) is 16.7 Å². The van der Waals surface area contributed by atoms with E-state index in [-0.39, 0.29) is 0 Å². The third kappa shape index (κ3) is 1.45. The van der Waals surface area contributed by atoms with E-state index >= 15 is 0 Å². The van der Waals surface area contributed by atoms with Crippen molar-refractivity contribution in [2.45, 2.75) is 10.6 Å². The standard InChI is InChI=1S/C10H8N2S2/c11-4-3-6-7-5-10(13)14-9(7)2-1-8(6)12/h1-2,5,13H,3,12H2. The summed E-state index contributed by atoms with van der Waals surface area (Å²) in [4.78, 5) is 0. The van der Waals surface area contributed by atoms with Crippen LogP contribution in [0.5, 0.6) is 0 Å². The molecule has 1 aromatic carbocycles. The summed E-state index contributed by atoms with van der Waals surface area (Å²) in [7, 11) is 0. The quantitative estimate of drug-likeness (QED) is 0.573. The largest absolute Gasteiger partial charge is 0.398 e. The summed E-state index contributed by atoms with van der Waals surface area (Å²) in [5, 5.41) is 9.75. The van der Waals surface area contributed by atoms with Gasteiger partial charge in [-0.05, 0) is 29.1 Å². The molecule has 0 unspecified atom stereocenters. The maximum absolute atomic E-state index is 8.69. The number of anilines is 1. The van der Waals surface area contributed by atoms with Crippen molar-refractivity contribution in [2.24, 2.45) is 0 Å². The van der Waals surface area contributed by atoms with Crippen molar-refractivity contribution in [3.63, 3.8) is 0 Å². The number of hydrogen-bond donors (Lipinski definition) is 2. The van der Waals surface area contributed by atoms with Gasteiger partial charge in [0.25, 0.3) is 0 Å². The summed E-state index contributed by atoms with van der Waals surface area (Å²) in [5.41, 5.74) is 7.41. The Balaban J connectivity index is 2.76. The van der Waals surface area contributed by atoms with E-state index in [1.54, 1.807) is 11.3 Å². The molecule has 0 saturated carbocycles. The third-order valence-corrected chi connectivity index (χ3v) is 3.40. The molecule has 0 fully saturated rings. The van der Waals surface area contributed by atoms with Crippen molar-refractivity contribution in [1.82, 2.24) is 0 Å². The smallest absolute Gasteiger partial charge is 0.0670 e. The molecule has 0 bridgehead atoms. The second-order valence-electron chi connectivity index (χ2n) is 2.96. The van der Waals surface area contributed by atoms with Gasteiger partial charge in [-0.1, -0.05) is 0 Å². The number of thiol groups is 1. The summed E-state index contributed by atoms with van der Waals surface area (Å²) >= 11 is 5.89. The molecule has 14 heavy (non-hydrogen) atoms. The van der Waals surface area contributed by atoms with Gasteiger partial charge < -0.3 is 5.73 Å². The van der Waals surface area contributed by atoms with Crippen LogP contribution in [0.1, 0.15) is 5.56 Å². The van der Waals surface area contributed by atoms with Crippen LogP contribution in [-0.4, -0.2) is 0 Å². The van der Waals surface area contributed by atoms with E-state index in [9.17, 15) is 0 Å². The molecular formula is C10H8N2S2. The third-order valence-electron chi connectivity index (χ3n) is 2.09. The molecule has 0 aliphatic rings. The zero-order chi connectivity index (χ0) is 10.1. The lowest BCUT2D eigenvalue weighted by atomic mass is 10.1. The number of fused-ring (bicyclic) bond motifs is 1. The Bertz CT molecular complexity index is 523. The fourth-order valence-corrected chi connectivity index (χ4v) is 2.70. The van der Waals surface area contributed by atoms with Crippen LogP contribution in [-0.2, 0) is 6.42 Å². The lowest BCUT2D eigenvalue weighted by Crippen LogP contribution is -1.92. The molecule has 1 heterocycles. The minimum atomic E-state index is 0.354. The Morgan fingerprint density at radius 2 is 2.29 bits per heavy atom. The molecule has 0 aliphatic carbocycles. The normalized spacial score (nSPS) is 10.3. The van der Waals surface area contributed by atoms with Gasteiger partial charge in [0.1, 0.15) is 0 Å². The molecule has 1 aromatic heterocycles. The van der Waals surface area contributed by atoms with Gasteiger partial charge in [0.2, 0.25) is 0 Å². The monoisotopic (exact) mass is 220 g/mol. The summed E-state index contributed by atoms with van der Waals surface area (Å²) in [6.45, 7) is 0. The first-order valence-corrected chi connectivity index (χ1v) is 5.35. The van der Waals surface area contributed by atoms with E-state index in [1.807, 2.05) is 18.2 Å². The van der Waals surface area contributed by atoms with Gasteiger partial charge in [0.15, 0.2) is 0 Å². The molecule has 2 rings (SSSR count). The van der Waals surface area contributed by atoms with E-state index in [2.05, 4.69) is 18.7 Å². The van der Waals surface area contributed by atoms with Crippen molar-refractivity contribution >= 4 is 39.7 Å². The SMILES string of the molecule is N#CCc1c(N)ccc2sc(S)cc12. The highest BCUT2D eigenvalue weighted by Crippen LogP contribution is 2.33. The first-order valence-electron chi connectivity index (χ1n) is 4.09. The predicted molar refractivity (Wildman–Crippen MR) is 62.8 cm³/mol. The summed E-state index contributed by atoms with van der Waals surface area (Å²) in [6, 6.07) is 7.90. The number of nitriles is 1. The van der Waals surface area contributed by atoms with Crippen LogP contribution in [0.15, 0.2) is 22.4 Å². The average Bonchev–Trinajstić information content (AvgIpc) is 2.51. The zero-order valence-electron chi connectivity index (χ0n) is 7.32. The van der Waals surface area contributed by atoms with E-state index in [0.29, 0.717) is 12.1 Å². The molecule has 0 spiro atoms. The van der Waals surface area contributed by atoms with Crippen molar-refractivity contribution in [3.8, 4) is 6.07 Å². The lowest BCUT2D eigenvalue weighted by molar-refractivity contribution is 1.29. The lowest BCUT2D eigenvalue weighted by Gasteiger charge is -2.02. The Morgan fingerprint density at radius 1 is 1.50 bits per heavy atom. The summed E-state index contributed by atoms with van der Waals surface area (Å²) in [5.74, 6) is 0. The van der Waals surface area contributed by atoms with Crippen LogP contribution in [0.4, 0.5) is 5.69 Å². The molecular weight excluding hydrogens is 212 g/mol. The maximum atomic E-state index is 8.69. The summed E-state index contributed by atoms with van der Waals surface area (Å²) < 4.78 is 2.08. The topological polar surface area (TPSA) is 49.8 Å². The molecule has 2 aromatic rings. The molecule has 2 nitrogen and oxygen atoms in total. The van der Waals surface area contributed by atoms with Crippen LogP contribution in [0, 0.1) is 11.3 Å². The second kappa shape index (κ2) is 3.52. The van der Waals surface area contributed by atoms with E-state index in [1.165, 1.54) is 0 Å². The van der Waals surface area contributed by atoms with Gasteiger partial charge >= 0.3 is 0 Å². The fraction of sp³-hybridized carbons (Fsp3) is 0.100. The second-order valence-corrected chi connectivity index (χ2v) is 4.83.